The fourth-order valence-corrected chi connectivity index (χ4v) is 2.42. The number of carbonyl (C=O) groups is 2. The Morgan fingerprint density at radius 3 is 1.86 bits per heavy atom. The molecule has 2 N–H and O–H groups in total. The van der Waals surface area contributed by atoms with E-state index in [2.05, 4.69) is 15.7 Å². The minimum Gasteiger partial charge on any atom is -0.319 e. The second kappa shape index (κ2) is 8.26. The Morgan fingerprint density at radius 1 is 0.929 bits per heavy atom. The van der Waals surface area contributed by atoms with Crippen LogP contribution in [0.25, 0.3) is 6.08 Å². The van der Waals surface area contributed by atoms with E-state index in [0.29, 0.717) is 5.56 Å². The summed E-state index contributed by atoms with van der Waals surface area (Å²) in [5.74, 6) is -2.98. The highest BCUT2D eigenvalue weighted by atomic mass is 19.1. The maximum absolute atomic E-state index is 13.8. The molecule has 0 bridgehead atoms. The zero-order chi connectivity index (χ0) is 20.1. The summed E-state index contributed by atoms with van der Waals surface area (Å²) in [6.07, 6.45) is 4.33. The second-order valence-electron chi connectivity index (χ2n) is 5.87. The first kappa shape index (κ1) is 19.0. The standard InChI is InChI=1S/C20H16F2N4O2/c1-26-12-13(11-23-26)10-14(19(27)24-17-8-4-2-6-15(17)21)20(28)25-18-9-5-3-7-16(18)22/h2-12H,1H3,(H,24,27)(H,25,28). The van der Waals surface area contributed by atoms with Crippen LogP contribution in [0.5, 0.6) is 0 Å². The van der Waals surface area contributed by atoms with Crippen LogP contribution in [-0.2, 0) is 16.6 Å². The van der Waals surface area contributed by atoms with Gasteiger partial charge in [0.05, 0.1) is 17.6 Å². The maximum Gasteiger partial charge on any atom is 0.261 e. The number of aryl methyl sites for hydroxylation is 1. The summed E-state index contributed by atoms with van der Waals surface area (Å²) in [6, 6.07) is 11.1. The van der Waals surface area contributed by atoms with Crippen molar-refractivity contribution in [1.29, 1.82) is 0 Å². The number of rotatable bonds is 5. The van der Waals surface area contributed by atoms with Gasteiger partial charge in [0.1, 0.15) is 17.2 Å². The summed E-state index contributed by atoms with van der Waals surface area (Å²) >= 11 is 0. The van der Waals surface area contributed by atoms with E-state index in [9.17, 15) is 18.4 Å². The average Bonchev–Trinajstić information content (AvgIpc) is 3.08. The predicted molar refractivity (Wildman–Crippen MR) is 101 cm³/mol. The smallest absolute Gasteiger partial charge is 0.261 e. The van der Waals surface area contributed by atoms with E-state index < -0.39 is 23.4 Å². The molecular formula is C20H16F2N4O2. The fourth-order valence-electron chi connectivity index (χ4n) is 2.42. The largest absolute Gasteiger partial charge is 0.319 e. The van der Waals surface area contributed by atoms with E-state index in [4.69, 9.17) is 0 Å². The minimum atomic E-state index is -0.845. The number of carbonyl (C=O) groups excluding carboxylic acids is 2. The Bertz CT molecular complexity index is 998. The highest BCUT2D eigenvalue weighted by Crippen LogP contribution is 2.18. The molecular weight excluding hydrogens is 366 g/mol. The van der Waals surface area contributed by atoms with E-state index in [1.165, 1.54) is 53.4 Å². The third-order valence-corrected chi connectivity index (χ3v) is 3.77. The summed E-state index contributed by atoms with van der Waals surface area (Å²) in [4.78, 5) is 25.3. The van der Waals surface area contributed by atoms with Crippen molar-refractivity contribution in [2.75, 3.05) is 10.6 Å². The molecule has 0 fully saturated rings. The van der Waals surface area contributed by atoms with E-state index in [1.807, 2.05) is 0 Å². The van der Waals surface area contributed by atoms with E-state index >= 15 is 0 Å². The lowest BCUT2D eigenvalue weighted by molar-refractivity contribution is -0.118. The second-order valence-corrected chi connectivity index (χ2v) is 5.87. The highest BCUT2D eigenvalue weighted by molar-refractivity contribution is 6.28. The predicted octanol–water partition coefficient (Wildman–Crippen LogP) is 3.36. The van der Waals surface area contributed by atoms with Gasteiger partial charge in [-0.05, 0) is 30.3 Å². The van der Waals surface area contributed by atoms with E-state index in [0.717, 1.165) is 0 Å². The van der Waals surface area contributed by atoms with Gasteiger partial charge in [0, 0.05) is 18.8 Å². The topological polar surface area (TPSA) is 76.0 Å². The number of anilines is 2. The van der Waals surface area contributed by atoms with Gasteiger partial charge in [0.15, 0.2) is 0 Å². The van der Waals surface area contributed by atoms with Crippen LogP contribution >= 0.6 is 0 Å². The quantitative estimate of drug-likeness (QED) is 0.404. The highest BCUT2D eigenvalue weighted by Gasteiger charge is 2.21. The summed E-state index contributed by atoms with van der Waals surface area (Å²) in [6.45, 7) is 0. The monoisotopic (exact) mass is 382 g/mol. The van der Waals surface area contributed by atoms with Crippen LogP contribution in [0.3, 0.4) is 0 Å². The average molecular weight is 382 g/mol. The van der Waals surface area contributed by atoms with Crippen LogP contribution in [-0.4, -0.2) is 21.6 Å². The third-order valence-electron chi connectivity index (χ3n) is 3.77. The number of halogens is 2. The Kier molecular flexibility index (Phi) is 5.59. The molecule has 0 aliphatic heterocycles. The van der Waals surface area contributed by atoms with E-state index in [1.54, 1.807) is 25.4 Å². The van der Waals surface area contributed by atoms with Gasteiger partial charge in [0.25, 0.3) is 11.8 Å². The van der Waals surface area contributed by atoms with Crippen molar-refractivity contribution in [3.63, 3.8) is 0 Å². The number of nitrogens with zero attached hydrogens (tertiary/aromatic N) is 2. The van der Waals surface area contributed by atoms with Crippen LogP contribution in [0.1, 0.15) is 5.56 Å². The molecule has 6 nitrogen and oxygen atoms in total. The molecule has 2 amide bonds. The van der Waals surface area contributed by atoms with Gasteiger partial charge in [0.2, 0.25) is 0 Å². The van der Waals surface area contributed by atoms with Crippen molar-refractivity contribution < 1.29 is 18.4 Å². The van der Waals surface area contributed by atoms with Gasteiger partial charge in [-0.2, -0.15) is 5.10 Å². The van der Waals surface area contributed by atoms with Crippen LogP contribution in [0.15, 0.2) is 66.5 Å². The SMILES string of the molecule is Cn1cc(C=C(C(=O)Nc2ccccc2F)C(=O)Nc2ccccc2F)cn1. The van der Waals surface area contributed by atoms with Crippen molar-refractivity contribution in [2.45, 2.75) is 0 Å². The number of benzene rings is 2. The van der Waals surface area contributed by atoms with Crippen LogP contribution < -0.4 is 10.6 Å². The van der Waals surface area contributed by atoms with Gasteiger partial charge in [-0.3, -0.25) is 14.3 Å². The van der Waals surface area contributed by atoms with Gasteiger partial charge >= 0.3 is 0 Å². The Labute approximate surface area is 159 Å². The molecule has 0 aliphatic carbocycles. The van der Waals surface area contributed by atoms with Crippen molar-refractivity contribution >= 4 is 29.3 Å². The van der Waals surface area contributed by atoms with Gasteiger partial charge in [-0.25, -0.2) is 8.78 Å². The zero-order valence-electron chi connectivity index (χ0n) is 14.8. The molecule has 0 saturated heterocycles. The molecule has 0 saturated carbocycles. The fraction of sp³-hybridized carbons (Fsp3) is 0.0500. The van der Waals surface area contributed by atoms with Crippen molar-refractivity contribution in [1.82, 2.24) is 9.78 Å². The normalized spacial score (nSPS) is 10.2. The molecule has 1 heterocycles. The van der Waals surface area contributed by atoms with Crippen molar-refractivity contribution in [3.05, 3.63) is 83.7 Å². The maximum atomic E-state index is 13.8. The first-order valence-corrected chi connectivity index (χ1v) is 8.26. The van der Waals surface area contributed by atoms with E-state index in [-0.39, 0.29) is 16.9 Å². The Morgan fingerprint density at radius 2 is 1.43 bits per heavy atom. The molecule has 1 aromatic heterocycles. The molecule has 28 heavy (non-hydrogen) atoms. The molecule has 0 unspecified atom stereocenters. The van der Waals surface area contributed by atoms with Crippen LogP contribution in [0.2, 0.25) is 0 Å². The Balaban J connectivity index is 1.92. The van der Waals surface area contributed by atoms with Crippen LogP contribution in [0.4, 0.5) is 20.2 Å². The molecule has 0 atom stereocenters. The first-order chi connectivity index (χ1) is 13.4. The summed E-state index contributed by atoms with van der Waals surface area (Å²) < 4.78 is 29.2. The molecule has 142 valence electrons. The number of amides is 2. The molecule has 3 rings (SSSR count). The van der Waals surface area contributed by atoms with Gasteiger partial charge < -0.3 is 10.6 Å². The molecule has 8 heteroatoms. The number of hydrogen-bond donors (Lipinski definition) is 2. The lowest BCUT2D eigenvalue weighted by atomic mass is 10.1. The molecule has 0 aliphatic rings. The van der Waals surface area contributed by atoms with Crippen molar-refractivity contribution in [2.24, 2.45) is 7.05 Å². The molecule has 0 radical (unpaired) electrons. The van der Waals surface area contributed by atoms with Gasteiger partial charge in [-0.15, -0.1) is 0 Å². The summed E-state index contributed by atoms with van der Waals surface area (Å²) in [7, 11) is 1.68. The van der Waals surface area contributed by atoms with Crippen molar-refractivity contribution in [3.8, 4) is 0 Å². The van der Waals surface area contributed by atoms with Crippen LogP contribution in [0, 0.1) is 11.6 Å². The third kappa shape index (κ3) is 4.47. The number of aromatic nitrogens is 2. The van der Waals surface area contributed by atoms with Gasteiger partial charge in [-0.1, -0.05) is 24.3 Å². The molecule has 2 aromatic carbocycles. The lowest BCUT2D eigenvalue weighted by Gasteiger charge is -2.11. The molecule has 0 spiro atoms. The number of nitrogens with one attached hydrogen (secondary N) is 2. The lowest BCUT2D eigenvalue weighted by Crippen LogP contribution is -2.26. The summed E-state index contributed by atoms with van der Waals surface area (Å²) in [5.41, 5.74) is -0.0177. The number of para-hydroxylation sites is 2. The first-order valence-electron chi connectivity index (χ1n) is 8.26. The Hall–Kier alpha value is -3.81. The minimum absolute atomic E-state index is 0.0803. The number of hydrogen-bond acceptors (Lipinski definition) is 3. The molecule has 3 aromatic rings. The summed E-state index contributed by atoms with van der Waals surface area (Å²) in [5, 5.41) is 8.68. The zero-order valence-corrected chi connectivity index (χ0v) is 14.8.